The van der Waals surface area contributed by atoms with Crippen molar-refractivity contribution in [3.8, 4) is 0 Å². The minimum absolute atomic E-state index is 0.177. The van der Waals surface area contributed by atoms with E-state index in [-0.39, 0.29) is 5.25 Å². The fourth-order valence-electron chi connectivity index (χ4n) is 3.14. The zero-order valence-corrected chi connectivity index (χ0v) is 15.2. The van der Waals surface area contributed by atoms with Gasteiger partial charge in [0.2, 0.25) is 0 Å². The van der Waals surface area contributed by atoms with Crippen molar-refractivity contribution in [3.63, 3.8) is 0 Å². The minimum atomic E-state index is 0.177. The van der Waals surface area contributed by atoms with Crippen LogP contribution >= 0.6 is 11.8 Å². The number of hydrogen-bond donors (Lipinski definition) is 0. The van der Waals surface area contributed by atoms with E-state index in [9.17, 15) is 0 Å². The summed E-state index contributed by atoms with van der Waals surface area (Å²) in [6.45, 7) is 4.18. The van der Waals surface area contributed by atoms with Crippen molar-refractivity contribution < 1.29 is 0 Å². The van der Waals surface area contributed by atoms with E-state index in [2.05, 4.69) is 81.6 Å². The van der Waals surface area contributed by atoms with Gasteiger partial charge in [-0.05, 0) is 18.2 Å². The molecule has 2 heterocycles. The molecule has 128 valence electrons. The van der Waals surface area contributed by atoms with Crippen LogP contribution in [0.4, 0.5) is 0 Å². The van der Waals surface area contributed by atoms with Crippen LogP contribution in [0.5, 0.6) is 0 Å². The fourth-order valence-corrected chi connectivity index (χ4v) is 4.36. The first-order chi connectivity index (χ1) is 12.3. The molecule has 0 spiro atoms. The molecular weight excluding hydrogens is 328 g/mol. The molecule has 25 heavy (non-hydrogen) atoms. The monoisotopic (exact) mass is 350 g/mol. The Kier molecular flexibility index (Phi) is 4.85. The summed E-state index contributed by atoms with van der Waals surface area (Å²) in [5.74, 6) is 0. The van der Waals surface area contributed by atoms with Gasteiger partial charge in [-0.1, -0.05) is 72.4 Å². The Balaban J connectivity index is 1.67. The highest BCUT2D eigenvalue weighted by Gasteiger charge is 2.29. The maximum Gasteiger partial charge on any atom is 0.186 e. The van der Waals surface area contributed by atoms with E-state index in [1.165, 1.54) is 5.56 Å². The number of amidine groups is 1. The number of hydrogen-bond acceptors (Lipinski definition) is 5. The Morgan fingerprint density at radius 2 is 1.48 bits per heavy atom. The predicted molar refractivity (Wildman–Crippen MR) is 106 cm³/mol. The Bertz CT molecular complexity index is 765. The van der Waals surface area contributed by atoms with Crippen LogP contribution in [0, 0.1) is 0 Å². The average molecular weight is 350 g/mol. The van der Waals surface area contributed by atoms with Gasteiger partial charge in [0.25, 0.3) is 0 Å². The van der Waals surface area contributed by atoms with Gasteiger partial charge in [-0.2, -0.15) is 5.10 Å². The van der Waals surface area contributed by atoms with Crippen molar-refractivity contribution in [2.24, 2.45) is 10.2 Å². The second kappa shape index (κ2) is 7.42. The van der Waals surface area contributed by atoms with Crippen LogP contribution in [0.25, 0.3) is 0 Å². The Hall–Kier alpha value is -2.11. The van der Waals surface area contributed by atoms with Crippen molar-refractivity contribution in [1.29, 1.82) is 0 Å². The molecule has 0 aliphatic carbocycles. The number of nitrogens with zero attached hydrogens (tertiary/aromatic N) is 4. The van der Waals surface area contributed by atoms with E-state index < -0.39 is 0 Å². The van der Waals surface area contributed by atoms with E-state index in [4.69, 9.17) is 0 Å². The summed E-state index contributed by atoms with van der Waals surface area (Å²) in [6.07, 6.45) is 0. The molecule has 2 aliphatic rings. The largest absolute Gasteiger partial charge is 0.347 e. The first kappa shape index (κ1) is 16.4. The lowest BCUT2D eigenvalue weighted by Gasteiger charge is -2.36. The van der Waals surface area contributed by atoms with Gasteiger partial charge in [0.1, 0.15) is 0 Å². The van der Waals surface area contributed by atoms with Gasteiger partial charge < -0.3 is 9.80 Å². The topological polar surface area (TPSA) is 31.2 Å². The van der Waals surface area contributed by atoms with Crippen LogP contribution in [0.15, 0.2) is 70.9 Å². The van der Waals surface area contributed by atoms with Crippen LogP contribution in [-0.2, 0) is 0 Å². The number of likely N-dealkylation sites (N-methyl/N-ethyl adjacent to an activating group) is 1. The highest BCUT2D eigenvalue weighted by atomic mass is 32.2. The molecule has 5 heteroatoms. The van der Waals surface area contributed by atoms with Gasteiger partial charge in [-0.25, -0.2) is 0 Å². The molecule has 1 atom stereocenters. The molecule has 0 N–H and O–H groups in total. The number of rotatable bonds is 2. The quantitative estimate of drug-likeness (QED) is 0.831. The van der Waals surface area contributed by atoms with E-state index in [0.29, 0.717) is 0 Å². The summed E-state index contributed by atoms with van der Waals surface area (Å²) in [6, 6.07) is 21.0. The van der Waals surface area contributed by atoms with E-state index in [0.717, 1.165) is 42.6 Å². The predicted octanol–water partition coefficient (Wildman–Crippen LogP) is 3.48. The Morgan fingerprint density at radius 1 is 0.840 bits per heavy atom. The maximum atomic E-state index is 4.66. The van der Waals surface area contributed by atoms with Gasteiger partial charge in [-0.3, -0.25) is 0 Å². The van der Waals surface area contributed by atoms with Crippen molar-refractivity contribution in [1.82, 2.24) is 9.80 Å². The molecule has 0 bridgehead atoms. The second-order valence-corrected chi connectivity index (χ2v) is 7.50. The van der Waals surface area contributed by atoms with Gasteiger partial charge in [-0.15, -0.1) is 5.10 Å². The lowest BCUT2D eigenvalue weighted by molar-refractivity contribution is 0.217. The van der Waals surface area contributed by atoms with Crippen LogP contribution < -0.4 is 0 Å². The molecular formula is C20H22N4S. The third-order valence-corrected chi connectivity index (χ3v) is 5.94. The van der Waals surface area contributed by atoms with E-state index in [1.54, 1.807) is 0 Å². The zero-order chi connectivity index (χ0) is 17.1. The van der Waals surface area contributed by atoms with E-state index in [1.807, 2.05) is 17.8 Å². The lowest BCUT2D eigenvalue weighted by atomic mass is 10.0. The smallest absolute Gasteiger partial charge is 0.186 e. The molecule has 0 saturated carbocycles. The van der Waals surface area contributed by atoms with Crippen LogP contribution in [-0.4, -0.2) is 53.9 Å². The van der Waals surface area contributed by atoms with Crippen molar-refractivity contribution in [2.75, 3.05) is 33.2 Å². The number of thioether (sulfide) groups is 1. The first-order valence-corrected chi connectivity index (χ1v) is 9.55. The third kappa shape index (κ3) is 3.62. The first-order valence-electron chi connectivity index (χ1n) is 8.67. The van der Waals surface area contributed by atoms with Gasteiger partial charge in [0.15, 0.2) is 5.17 Å². The normalized spacial score (nSPS) is 21.6. The zero-order valence-electron chi connectivity index (χ0n) is 14.4. The summed E-state index contributed by atoms with van der Waals surface area (Å²) < 4.78 is 0. The van der Waals surface area contributed by atoms with Crippen molar-refractivity contribution in [2.45, 2.75) is 5.25 Å². The van der Waals surface area contributed by atoms with E-state index >= 15 is 0 Å². The van der Waals surface area contributed by atoms with Crippen LogP contribution in [0.3, 0.4) is 0 Å². The van der Waals surface area contributed by atoms with Crippen LogP contribution in [0.2, 0.25) is 0 Å². The molecule has 1 fully saturated rings. The molecule has 0 radical (unpaired) electrons. The summed E-state index contributed by atoms with van der Waals surface area (Å²) in [5, 5.41) is 10.5. The molecule has 0 aromatic heterocycles. The number of piperazine rings is 1. The second-order valence-electron chi connectivity index (χ2n) is 6.43. The van der Waals surface area contributed by atoms with Gasteiger partial charge in [0.05, 0.1) is 11.0 Å². The highest BCUT2D eigenvalue weighted by Crippen LogP contribution is 2.37. The summed E-state index contributed by atoms with van der Waals surface area (Å²) in [5.41, 5.74) is 3.45. The summed E-state index contributed by atoms with van der Waals surface area (Å²) >= 11 is 1.82. The fraction of sp³-hybridized carbons (Fsp3) is 0.300. The molecule has 2 aromatic rings. The molecule has 1 saturated heterocycles. The van der Waals surface area contributed by atoms with Crippen LogP contribution in [0.1, 0.15) is 16.4 Å². The summed E-state index contributed by atoms with van der Waals surface area (Å²) in [7, 11) is 2.17. The standard InChI is InChI=1S/C20H22N4S/c1-23-12-14-24(15-13-23)20-22-21-18(16-8-4-2-5-9-16)19(25-20)17-10-6-3-7-11-17/h2-11,19H,12-15H2,1H3. The average Bonchev–Trinajstić information content (AvgIpc) is 2.69. The Morgan fingerprint density at radius 3 is 2.16 bits per heavy atom. The van der Waals surface area contributed by atoms with Gasteiger partial charge in [0, 0.05) is 26.2 Å². The highest BCUT2D eigenvalue weighted by molar-refractivity contribution is 8.14. The van der Waals surface area contributed by atoms with Gasteiger partial charge >= 0.3 is 0 Å². The molecule has 1 unspecified atom stereocenters. The van der Waals surface area contributed by atoms with Crippen molar-refractivity contribution >= 4 is 22.6 Å². The maximum absolute atomic E-state index is 4.66. The molecule has 4 rings (SSSR count). The molecule has 0 amide bonds. The molecule has 4 nitrogen and oxygen atoms in total. The van der Waals surface area contributed by atoms with Crippen molar-refractivity contribution in [3.05, 3.63) is 71.8 Å². The summed E-state index contributed by atoms with van der Waals surface area (Å²) in [4.78, 5) is 4.73. The molecule has 2 aliphatic heterocycles. The number of benzene rings is 2. The Labute approximate surface area is 153 Å². The molecule has 2 aromatic carbocycles. The lowest BCUT2D eigenvalue weighted by Crippen LogP contribution is -2.47. The SMILES string of the molecule is CN1CCN(C2=NN=C(c3ccccc3)C(c3ccccc3)S2)CC1. The minimum Gasteiger partial charge on any atom is -0.347 e. The third-order valence-electron chi connectivity index (χ3n) is 4.66.